The van der Waals surface area contributed by atoms with Gasteiger partial charge in [0.2, 0.25) is 10.0 Å². The number of carboxylic acids is 1. The molecule has 0 saturated carbocycles. The third-order valence-electron chi connectivity index (χ3n) is 1.98. The smallest absolute Gasteiger partial charge is 0.308 e. The molecule has 0 aliphatic rings. The van der Waals surface area contributed by atoms with Gasteiger partial charge < -0.3 is 5.11 Å². The van der Waals surface area contributed by atoms with Crippen LogP contribution in [0.2, 0.25) is 0 Å². The molecule has 88 valence electrons. The molecule has 0 fully saturated rings. The molecule has 0 bridgehead atoms. The number of carbonyl (C=O) groups is 1. The van der Waals surface area contributed by atoms with Crippen LogP contribution in [-0.2, 0) is 14.8 Å². The maximum absolute atomic E-state index is 11.2. The average Bonchev–Trinajstić information content (AvgIpc) is 2.01. The van der Waals surface area contributed by atoms with Crippen molar-refractivity contribution in [3.05, 3.63) is 12.7 Å². The van der Waals surface area contributed by atoms with E-state index in [1.165, 1.54) is 6.08 Å². The number of aliphatic carboxylic acids is 1. The first-order valence-electron chi connectivity index (χ1n) is 4.61. The van der Waals surface area contributed by atoms with Crippen molar-refractivity contribution in [3.8, 4) is 0 Å². The molecule has 1 atom stereocenters. The highest BCUT2D eigenvalue weighted by Gasteiger charge is 2.23. The van der Waals surface area contributed by atoms with Crippen LogP contribution < -0.4 is 4.72 Å². The fourth-order valence-electron chi connectivity index (χ4n) is 1.04. The van der Waals surface area contributed by atoms with Gasteiger partial charge in [0.1, 0.15) is 0 Å². The Balaban J connectivity index is 4.35. The molecule has 5 nitrogen and oxygen atoms in total. The van der Waals surface area contributed by atoms with Gasteiger partial charge in [-0.25, -0.2) is 13.1 Å². The minimum atomic E-state index is -3.43. The van der Waals surface area contributed by atoms with E-state index in [1.54, 1.807) is 13.8 Å². The van der Waals surface area contributed by atoms with Gasteiger partial charge in [0, 0.05) is 6.54 Å². The highest BCUT2D eigenvalue weighted by molar-refractivity contribution is 7.89. The van der Waals surface area contributed by atoms with Crippen LogP contribution >= 0.6 is 0 Å². The summed E-state index contributed by atoms with van der Waals surface area (Å²) in [6.07, 6.45) is 1.26. The quantitative estimate of drug-likeness (QED) is 0.627. The van der Waals surface area contributed by atoms with Gasteiger partial charge in [-0.15, -0.1) is 6.58 Å². The number of carboxylic acid groups (broad SMARTS) is 1. The van der Waals surface area contributed by atoms with Crippen molar-refractivity contribution in [1.29, 1.82) is 0 Å². The number of sulfonamides is 1. The van der Waals surface area contributed by atoms with Gasteiger partial charge in [0.25, 0.3) is 0 Å². The standard InChI is InChI=1S/C9H17NO4S/c1-4-5-15(13,14)10-6-8(7(2)3)9(11)12/h4,7-8,10H,1,5-6H2,2-3H3,(H,11,12). The minimum Gasteiger partial charge on any atom is -0.481 e. The van der Waals surface area contributed by atoms with Crippen LogP contribution in [-0.4, -0.2) is 31.8 Å². The maximum atomic E-state index is 11.2. The van der Waals surface area contributed by atoms with Crippen LogP contribution in [0.4, 0.5) is 0 Å². The van der Waals surface area contributed by atoms with Gasteiger partial charge in [-0.1, -0.05) is 19.9 Å². The second-order valence-corrected chi connectivity index (χ2v) is 5.46. The van der Waals surface area contributed by atoms with Crippen LogP contribution in [0.15, 0.2) is 12.7 Å². The Kier molecular flexibility index (Phi) is 5.53. The van der Waals surface area contributed by atoms with E-state index >= 15 is 0 Å². The lowest BCUT2D eigenvalue weighted by Crippen LogP contribution is -2.36. The first kappa shape index (κ1) is 14.1. The van der Waals surface area contributed by atoms with Crippen molar-refractivity contribution in [2.45, 2.75) is 13.8 Å². The molecule has 2 N–H and O–H groups in total. The van der Waals surface area contributed by atoms with Crippen LogP contribution in [0, 0.1) is 11.8 Å². The molecule has 0 rings (SSSR count). The number of rotatable bonds is 7. The third kappa shape index (κ3) is 5.54. The summed E-state index contributed by atoms with van der Waals surface area (Å²) in [5.41, 5.74) is 0. The Morgan fingerprint density at radius 2 is 2.07 bits per heavy atom. The van der Waals surface area contributed by atoms with Crippen LogP contribution in [0.5, 0.6) is 0 Å². The van der Waals surface area contributed by atoms with Gasteiger partial charge >= 0.3 is 5.97 Å². The predicted molar refractivity (Wildman–Crippen MR) is 58.0 cm³/mol. The largest absolute Gasteiger partial charge is 0.481 e. The van der Waals surface area contributed by atoms with Gasteiger partial charge in [-0.3, -0.25) is 4.79 Å². The summed E-state index contributed by atoms with van der Waals surface area (Å²) in [5.74, 6) is -2.01. The summed E-state index contributed by atoms with van der Waals surface area (Å²) in [6.45, 7) is 6.70. The predicted octanol–water partition coefficient (Wildman–Crippen LogP) is 0.449. The van der Waals surface area contributed by atoms with Gasteiger partial charge in [-0.05, 0) is 5.92 Å². The minimum absolute atomic E-state index is 0.0802. The molecule has 0 heterocycles. The molecule has 15 heavy (non-hydrogen) atoms. The first-order chi connectivity index (χ1) is 6.80. The zero-order chi connectivity index (χ0) is 12.1. The molecule has 0 aromatic rings. The van der Waals surface area contributed by atoms with Crippen LogP contribution in [0.25, 0.3) is 0 Å². The Hall–Kier alpha value is -0.880. The zero-order valence-corrected chi connectivity index (χ0v) is 9.75. The monoisotopic (exact) mass is 235 g/mol. The van der Waals surface area contributed by atoms with E-state index in [2.05, 4.69) is 11.3 Å². The maximum Gasteiger partial charge on any atom is 0.308 e. The third-order valence-corrected chi connectivity index (χ3v) is 3.26. The van der Waals surface area contributed by atoms with E-state index in [0.29, 0.717) is 0 Å². The Morgan fingerprint density at radius 3 is 2.40 bits per heavy atom. The fraction of sp³-hybridized carbons (Fsp3) is 0.667. The molecule has 0 spiro atoms. The Bertz CT molecular complexity index is 321. The Labute approximate surface area is 90.2 Å². The Morgan fingerprint density at radius 1 is 1.53 bits per heavy atom. The molecule has 0 amide bonds. The molecule has 0 aromatic heterocycles. The summed E-state index contributed by atoms with van der Waals surface area (Å²) in [6, 6.07) is 0. The molecule has 0 radical (unpaired) electrons. The first-order valence-corrected chi connectivity index (χ1v) is 6.26. The van der Waals surface area contributed by atoms with Crippen molar-refractivity contribution in [1.82, 2.24) is 4.72 Å². The lowest BCUT2D eigenvalue weighted by molar-refractivity contribution is -0.142. The van der Waals surface area contributed by atoms with Crippen molar-refractivity contribution in [2.24, 2.45) is 11.8 Å². The van der Waals surface area contributed by atoms with Crippen molar-refractivity contribution < 1.29 is 18.3 Å². The van der Waals surface area contributed by atoms with E-state index in [9.17, 15) is 13.2 Å². The second-order valence-electron chi connectivity index (χ2n) is 3.61. The van der Waals surface area contributed by atoms with Gasteiger partial charge in [0.05, 0.1) is 11.7 Å². The fourth-order valence-corrected chi connectivity index (χ4v) is 1.90. The normalized spacial score (nSPS) is 13.8. The number of nitrogens with one attached hydrogen (secondary N) is 1. The molecular formula is C9H17NO4S. The summed E-state index contributed by atoms with van der Waals surface area (Å²) in [5, 5.41) is 8.82. The van der Waals surface area contributed by atoms with E-state index in [4.69, 9.17) is 5.11 Å². The molecular weight excluding hydrogens is 218 g/mol. The molecule has 0 saturated heterocycles. The van der Waals surface area contributed by atoms with Gasteiger partial charge in [-0.2, -0.15) is 0 Å². The number of hydrogen-bond donors (Lipinski definition) is 2. The summed E-state index contributed by atoms with van der Waals surface area (Å²) in [4.78, 5) is 10.8. The van der Waals surface area contributed by atoms with Crippen molar-refractivity contribution in [2.75, 3.05) is 12.3 Å². The van der Waals surface area contributed by atoms with E-state index in [-0.39, 0.29) is 18.2 Å². The van der Waals surface area contributed by atoms with E-state index in [0.717, 1.165) is 0 Å². The number of hydrogen-bond acceptors (Lipinski definition) is 3. The SMILES string of the molecule is C=CCS(=O)(=O)NCC(C(=O)O)C(C)C. The highest BCUT2D eigenvalue weighted by atomic mass is 32.2. The van der Waals surface area contributed by atoms with E-state index in [1.807, 2.05) is 0 Å². The van der Waals surface area contributed by atoms with Crippen molar-refractivity contribution >= 4 is 16.0 Å². The molecule has 0 aliphatic carbocycles. The summed E-state index contributed by atoms with van der Waals surface area (Å²) >= 11 is 0. The highest BCUT2D eigenvalue weighted by Crippen LogP contribution is 2.10. The molecule has 0 aliphatic heterocycles. The zero-order valence-electron chi connectivity index (χ0n) is 8.93. The summed E-state index contributed by atoms with van der Waals surface area (Å²) < 4.78 is 24.7. The van der Waals surface area contributed by atoms with Crippen molar-refractivity contribution in [3.63, 3.8) is 0 Å². The molecule has 1 unspecified atom stereocenters. The second kappa shape index (κ2) is 5.87. The van der Waals surface area contributed by atoms with Gasteiger partial charge in [0.15, 0.2) is 0 Å². The van der Waals surface area contributed by atoms with E-state index < -0.39 is 21.9 Å². The van der Waals surface area contributed by atoms with Crippen LogP contribution in [0.1, 0.15) is 13.8 Å². The molecule has 0 aromatic carbocycles. The topological polar surface area (TPSA) is 83.5 Å². The molecule has 6 heteroatoms. The summed E-state index contributed by atoms with van der Waals surface area (Å²) in [7, 11) is -3.43. The average molecular weight is 235 g/mol. The lowest BCUT2D eigenvalue weighted by Gasteiger charge is -2.16. The lowest BCUT2D eigenvalue weighted by atomic mass is 9.97. The van der Waals surface area contributed by atoms with Crippen LogP contribution in [0.3, 0.4) is 0 Å².